The number of hydrogen-bond donors (Lipinski definition) is 0. The van der Waals surface area contributed by atoms with Gasteiger partial charge in [0.1, 0.15) is 5.78 Å². The van der Waals surface area contributed by atoms with Crippen molar-refractivity contribution in [3.63, 3.8) is 0 Å². The number of carbonyl (C=O) groups excluding carboxylic acids is 1. The average molecular weight is 338 g/mol. The maximum atomic E-state index is 11.8. The third-order valence-corrected chi connectivity index (χ3v) is 4.30. The third kappa shape index (κ3) is 3.70. The first-order valence-electron chi connectivity index (χ1n) is 5.45. The number of carbonyl (C=O) groups is 1. The van der Waals surface area contributed by atoms with Crippen molar-refractivity contribution in [2.75, 3.05) is 0 Å². The molecule has 1 aromatic carbocycles. The minimum atomic E-state index is -0.237. The maximum Gasteiger partial charge on any atom is 0.149 e. The summed E-state index contributed by atoms with van der Waals surface area (Å²) in [5.41, 5.74) is 1.81. The molecule has 0 aliphatic carbocycles. The summed E-state index contributed by atoms with van der Waals surface area (Å²) >= 11 is 15.7. The Balaban J connectivity index is 2.96. The van der Waals surface area contributed by atoms with Crippen molar-refractivity contribution >= 4 is 44.9 Å². The molecule has 1 unspecified atom stereocenters. The van der Waals surface area contributed by atoms with E-state index in [0.717, 1.165) is 11.1 Å². The molecule has 17 heavy (non-hydrogen) atoms. The van der Waals surface area contributed by atoms with Crippen molar-refractivity contribution in [3.05, 3.63) is 33.3 Å². The van der Waals surface area contributed by atoms with Gasteiger partial charge >= 0.3 is 0 Å². The SMILES string of the molecule is Cc1ccc(Cl)c(CC(Br)C(=O)C(C)C)c1Cl. The van der Waals surface area contributed by atoms with Crippen molar-refractivity contribution in [1.29, 1.82) is 0 Å². The number of aryl methyl sites for hydroxylation is 1. The van der Waals surface area contributed by atoms with Gasteiger partial charge in [0.15, 0.2) is 0 Å². The first-order chi connectivity index (χ1) is 7.84. The van der Waals surface area contributed by atoms with E-state index in [2.05, 4.69) is 15.9 Å². The van der Waals surface area contributed by atoms with Gasteiger partial charge in [-0.15, -0.1) is 0 Å². The van der Waals surface area contributed by atoms with E-state index in [1.165, 1.54) is 0 Å². The van der Waals surface area contributed by atoms with Crippen molar-refractivity contribution in [3.8, 4) is 0 Å². The molecular weight excluding hydrogens is 323 g/mol. The van der Waals surface area contributed by atoms with Gasteiger partial charge in [-0.2, -0.15) is 0 Å². The Hall–Kier alpha value is -0.0500. The monoisotopic (exact) mass is 336 g/mol. The number of hydrogen-bond acceptors (Lipinski definition) is 1. The molecule has 1 atom stereocenters. The molecule has 0 aliphatic heterocycles. The largest absolute Gasteiger partial charge is 0.298 e. The van der Waals surface area contributed by atoms with Crippen molar-refractivity contribution in [2.45, 2.75) is 32.0 Å². The molecule has 1 aromatic rings. The van der Waals surface area contributed by atoms with E-state index in [9.17, 15) is 4.79 Å². The van der Waals surface area contributed by atoms with E-state index in [0.29, 0.717) is 16.5 Å². The second-order valence-corrected chi connectivity index (χ2v) is 6.28. The predicted octanol–water partition coefficient (Wildman–Crippen LogP) is 4.83. The average Bonchev–Trinajstić information content (AvgIpc) is 2.28. The van der Waals surface area contributed by atoms with E-state index in [1.807, 2.05) is 32.9 Å². The normalized spacial score (nSPS) is 12.9. The van der Waals surface area contributed by atoms with Crippen LogP contribution in [0.25, 0.3) is 0 Å². The van der Waals surface area contributed by atoms with Crippen molar-refractivity contribution in [2.24, 2.45) is 5.92 Å². The number of ketones is 1. The van der Waals surface area contributed by atoms with Gasteiger partial charge in [-0.3, -0.25) is 4.79 Å². The number of benzene rings is 1. The summed E-state index contributed by atoms with van der Waals surface area (Å²) in [5.74, 6) is 0.167. The molecule has 0 fully saturated rings. The quantitative estimate of drug-likeness (QED) is 0.719. The minimum absolute atomic E-state index is 0.00161. The summed E-state index contributed by atoms with van der Waals surface area (Å²) in [5, 5.41) is 1.26. The summed E-state index contributed by atoms with van der Waals surface area (Å²) < 4.78 is 0. The van der Waals surface area contributed by atoms with Crippen molar-refractivity contribution < 1.29 is 4.79 Å². The van der Waals surface area contributed by atoms with Crippen LogP contribution in [0.1, 0.15) is 25.0 Å². The summed E-state index contributed by atoms with van der Waals surface area (Å²) in [7, 11) is 0. The zero-order valence-electron chi connectivity index (χ0n) is 10.1. The van der Waals surface area contributed by atoms with Crippen LogP contribution in [0.15, 0.2) is 12.1 Å². The summed E-state index contributed by atoms with van der Waals surface area (Å²) in [4.78, 5) is 11.6. The lowest BCUT2D eigenvalue weighted by Crippen LogP contribution is -2.22. The molecule has 0 spiro atoms. The van der Waals surface area contributed by atoms with E-state index >= 15 is 0 Å². The minimum Gasteiger partial charge on any atom is -0.298 e. The molecular formula is C13H15BrCl2O. The molecule has 1 nitrogen and oxygen atoms in total. The van der Waals surface area contributed by atoms with Crippen LogP contribution in [0.4, 0.5) is 0 Å². The smallest absolute Gasteiger partial charge is 0.149 e. The summed E-state index contributed by atoms with van der Waals surface area (Å²) in [6, 6.07) is 3.69. The van der Waals surface area contributed by atoms with Gasteiger partial charge in [0.05, 0.1) is 4.83 Å². The highest BCUT2D eigenvalue weighted by molar-refractivity contribution is 9.10. The maximum absolute atomic E-state index is 11.8. The lowest BCUT2D eigenvalue weighted by molar-refractivity contribution is -0.121. The molecule has 0 saturated heterocycles. The highest BCUT2D eigenvalue weighted by Crippen LogP contribution is 2.30. The van der Waals surface area contributed by atoms with Crippen LogP contribution in [0.5, 0.6) is 0 Å². The van der Waals surface area contributed by atoms with E-state index in [4.69, 9.17) is 23.2 Å². The van der Waals surface area contributed by atoms with Gasteiger partial charge < -0.3 is 0 Å². The van der Waals surface area contributed by atoms with Gasteiger partial charge in [-0.1, -0.05) is 59.0 Å². The zero-order chi connectivity index (χ0) is 13.2. The van der Waals surface area contributed by atoms with Gasteiger partial charge in [0.2, 0.25) is 0 Å². The fourth-order valence-corrected chi connectivity index (χ4v) is 2.92. The van der Waals surface area contributed by atoms with Crippen LogP contribution in [0.2, 0.25) is 10.0 Å². The molecule has 0 radical (unpaired) electrons. The number of alkyl halides is 1. The molecule has 4 heteroatoms. The van der Waals surface area contributed by atoms with Crippen LogP contribution >= 0.6 is 39.1 Å². The highest BCUT2D eigenvalue weighted by atomic mass is 79.9. The zero-order valence-corrected chi connectivity index (χ0v) is 13.2. The first kappa shape index (κ1) is 15.0. The fourth-order valence-electron chi connectivity index (χ4n) is 1.54. The molecule has 0 aromatic heterocycles. The fraction of sp³-hybridized carbons (Fsp3) is 0.462. The molecule has 1 rings (SSSR count). The highest BCUT2D eigenvalue weighted by Gasteiger charge is 2.21. The van der Waals surface area contributed by atoms with E-state index in [1.54, 1.807) is 0 Å². The predicted molar refractivity (Wildman–Crippen MR) is 77.5 cm³/mol. The molecule has 94 valence electrons. The molecule has 0 heterocycles. The molecule has 0 amide bonds. The molecule has 0 aliphatic rings. The number of Topliss-reactive ketones (excluding diaryl/α,β-unsaturated/α-hetero) is 1. The van der Waals surface area contributed by atoms with E-state index in [-0.39, 0.29) is 16.5 Å². The van der Waals surface area contributed by atoms with Crippen LogP contribution in [-0.2, 0) is 11.2 Å². The molecule has 0 bridgehead atoms. The Kier molecular flexibility index (Phi) is 5.49. The summed E-state index contributed by atoms with van der Waals surface area (Å²) in [6.07, 6.45) is 0.524. The Morgan fingerprint density at radius 2 is 1.94 bits per heavy atom. The standard InChI is InChI=1S/C13H15BrCl2O/c1-7(2)13(17)10(14)6-9-11(15)5-4-8(3)12(9)16/h4-5,7,10H,6H2,1-3H3. The second kappa shape index (κ2) is 6.21. The van der Waals surface area contributed by atoms with Gasteiger partial charge in [-0.05, 0) is 30.5 Å². The topological polar surface area (TPSA) is 17.1 Å². The van der Waals surface area contributed by atoms with Crippen LogP contribution < -0.4 is 0 Å². The first-order valence-corrected chi connectivity index (χ1v) is 7.13. The Morgan fingerprint density at radius 3 is 2.47 bits per heavy atom. The molecule has 0 saturated carbocycles. The third-order valence-electron chi connectivity index (χ3n) is 2.64. The molecule has 0 N–H and O–H groups in total. The van der Waals surface area contributed by atoms with Crippen LogP contribution in [-0.4, -0.2) is 10.6 Å². The van der Waals surface area contributed by atoms with Crippen molar-refractivity contribution in [1.82, 2.24) is 0 Å². The lowest BCUT2D eigenvalue weighted by atomic mass is 10.00. The lowest BCUT2D eigenvalue weighted by Gasteiger charge is -2.14. The van der Waals surface area contributed by atoms with Gasteiger partial charge in [0, 0.05) is 16.0 Å². The van der Waals surface area contributed by atoms with Crippen LogP contribution in [0, 0.1) is 12.8 Å². The van der Waals surface area contributed by atoms with Gasteiger partial charge in [-0.25, -0.2) is 0 Å². The Labute approximate surface area is 121 Å². The van der Waals surface area contributed by atoms with Gasteiger partial charge in [0.25, 0.3) is 0 Å². The van der Waals surface area contributed by atoms with Crippen LogP contribution in [0.3, 0.4) is 0 Å². The van der Waals surface area contributed by atoms with E-state index < -0.39 is 0 Å². The summed E-state index contributed by atoms with van der Waals surface area (Å²) in [6.45, 7) is 5.70. The second-order valence-electron chi connectivity index (χ2n) is 4.39. The number of rotatable bonds is 4. The Morgan fingerprint density at radius 1 is 1.35 bits per heavy atom. The Bertz CT molecular complexity index is 430. The number of halogens is 3.